The van der Waals surface area contributed by atoms with Crippen molar-refractivity contribution in [3.8, 4) is 124 Å². The summed E-state index contributed by atoms with van der Waals surface area (Å²) in [4.78, 5) is 34.5. The zero-order chi connectivity index (χ0) is 69.8. The van der Waals surface area contributed by atoms with Crippen molar-refractivity contribution in [2.45, 2.75) is 14.7 Å². The van der Waals surface area contributed by atoms with Crippen molar-refractivity contribution in [3.63, 3.8) is 0 Å². The van der Waals surface area contributed by atoms with Crippen molar-refractivity contribution in [2.24, 2.45) is 0 Å². The highest BCUT2D eigenvalue weighted by Crippen LogP contribution is 2.64. The van der Waals surface area contributed by atoms with Crippen molar-refractivity contribution in [2.75, 3.05) is 0 Å². The van der Waals surface area contributed by atoms with Crippen molar-refractivity contribution < 1.29 is 4.42 Å². The van der Waals surface area contributed by atoms with Crippen molar-refractivity contribution in [3.05, 3.63) is 358 Å². The van der Waals surface area contributed by atoms with Gasteiger partial charge < -0.3 is 13.6 Å². The first-order valence-electron chi connectivity index (χ1n) is 35.6. The fourth-order valence-corrected chi connectivity index (χ4v) is 18.4. The van der Waals surface area contributed by atoms with Gasteiger partial charge in [0.25, 0.3) is 0 Å². The van der Waals surface area contributed by atoms with Crippen LogP contribution in [0.15, 0.2) is 377 Å². The van der Waals surface area contributed by atoms with Crippen LogP contribution in [0.5, 0.6) is 0 Å². The Labute approximate surface area is 612 Å². The Kier molecular flexibility index (Phi) is 14.3. The second-order valence-electron chi connectivity index (χ2n) is 27.0. The molecule has 0 spiro atoms. The summed E-state index contributed by atoms with van der Waals surface area (Å²) in [6.45, 7) is 0. The molecule has 1 atom stereocenters. The number of hydrogen-bond acceptors (Lipinski definition) is 7. The number of benzene rings is 15. The maximum absolute atomic E-state index is 6.64. The second-order valence-corrected chi connectivity index (χ2v) is 29.1. The van der Waals surface area contributed by atoms with E-state index in [1.807, 2.05) is 109 Å². The smallest absolute Gasteiger partial charge is 0.164 e. The van der Waals surface area contributed by atoms with E-state index in [4.69, 9.17) is 34.3 Å². The standard InChI is InChI=1S/C96H60N8OS/c1-6-22-61(23-7-1)91-97-92(62-24-8-2-9-25-62)100-95(99-91)69-44-51-86-81(59-69)90-74(36-21-39-87(90)105-86)68-43-50-85-78(57-68)76-35-17-19-38-83(76)104(85)72-47-40-60(41-48-72)65-30-20-33-73(54-65)106-88-52-45-67(66-42-49-84-77(55-66)75-34-16-18-37-82(75)103(84)71-31-14-5-15-32-71)56-79(88)80-58-70(46-53-89(80)106)96-101-93(63-26-10-3-11-27-63)98-94(102-96)64-28-12-4-13-29-64/h1-59,106H. The first-order chi connectivity index (χ1) is 52.5. The van der Waals surface area contributed by atoms with Gasteiger partial charge in [0.15, 0.2) is 34.9 Å². The average molecular weight is 1370 g/mol. The molecule has 0 saturated heterocycles. The first kappa shape index (κ1) is 60.8. The number of nitrogens with zero attached hydrogens (tertiary/aromatic N) is 8. The van der Waals surface area contributed by atoms with E-state index in [-0.39, 0.29) is 0 Å². The third-order valence-corrected chi connectivity index (χ3v) is 23.3. The fourth-order valence-electron chi connectivity index (χ4n) is 15.8. The molecular weight excluding hydrogens is 1310 g/mol. The van der Waals surface area contributed by atoms with E-state index >= 15 is 0 Å². The molecule has 0 aliphatic carbocycles. The fraction of sp³-hybridized carbons (Fsp3) is 0. The predicted molar refractivity (Wildman–Crippen MR) is 434 cm³/mol. The van der Waals surface area contributed by atoms with Crippen LogP contribution in [0.1, 0.15) is 0 Å². The van der Waals surface area contributed by atoms with E-state index in [9.17, 15) is 0 Å². The number of fused-ring (bicyclic) bond motifs is 12. The number of aromatic nitrogens is 8. The Hall–Kier alpha value is -13.9. The van der Waals surface area contributed by atoms with Gasteiger partial charge in [-0.1, -0.05) is 237 Å². The van der Waals surface area contributed by atoms with E-state index in [2.05, 4.69) is 258 Å². The minimum absolute atomic E-state index is 0.592. The second kappa shape index (κ2) is 25.0. The largest absolute Gasteiger partial charge is 0.456 e. The average Bonchev–Trinajstić information content (AvgIpc) is 1.59. The molecule has 21 rings (SSSR count). The first-order valence-corrected chi connectivity index (χ1v) is 37.0. The lowest BCUT2D eigenvalue weighted by Crippen LogP contribution is -2.00. The van der Waals surface area contributed by atoms with Gasteiger partial charge in [-0.3, -0.25) is 0 Å². The minimum atomic E-state index is -1.01. The summed E-state index contributed by atoms with van der Waals surface area (Å²) in [5, 5.41) is 6.81. The SMILES string of the molecule is c1ccc(-c2nc(-c3ccccc3)nc(-c3ccc4c(c3)-c3cc(-c5ccc6c(c5)c5ccccc5n6-c5ccccc5)ccc3[SH]4c3cccc(-c4ccc(-n5c6ccccc6c6cc(-c7cccc8oc9ccc(-c%10nc(-c%11ccccc%11)nc(-c%11ccccc%11)n%10)cc9c78)ccc65)cc4)c3)n2)cc1. The number of thiol groups is 1. The van der Waals surface area contributed by atoms with E-state index in [0.29, 0.717) is 34.9 Å². The molecule has 1 unspecified atom stereocenters. The van der Waals surface area contributed by atoms with Crippen LogP contribution in [0, 0.1) is 0 Å². The summed E-state index contributed by atoms with van der Waals surface area (Å²) in [7, 11) is -1.01. The van der Waals surface area contributed by atoms with Gasteiger partial charge in [0, 0.05) is 86.9 Å². The van der Waals surface area contributed by atoms with Gasteiger partial charge in [-0.2, -0.15) is 10.9 Å². The molecule has 496 valence electrons. The van der Waals surface area contributed by atoms with Gasteiger partial charge >= 0.3 is 0 Å². The van der Waals surface area contributed by atoms with Crippen LogP contribution >= 0.6 is 10.9 Å². The molecule has 1 aliphatic rings. The Bertz CT molecular complexity index is 6760. The zero-order valence-corrected chi connectivity index (χ0v) is 57.9. The van der Waals surface area contributed by atoms with Gasteiger partial charge in [-0.05, 0) is 171 Å². The topological polar surface area (TPSA) is 100 Å². The summed E-state index contributed by atoms with van der Waals surface area (Å²) >= 11 is 0. The maximum Gasteiger partial charge on any atom is 0.164 e. The summed E-state index contributed by atoms with van der Waals surface area (Å²) in [5.74, 6) is 3.72. The number of rotatable bonds is 12. The molecule has 0 radical (unpaired) electrons. The molecule has 9 nitrogen and oxygen atoms in total. The van der Waals surface area contributed by atoms with E-state index in [1.54, 1.807) is 0 Å². The van der Waals surface area contributed by atoms with Gasteiger partial charge in [0.1, 0.15) is 11.2 Å². The molecule has 0 fully saturated rings. The normalized spacial score (nSPS) is 13.0. The van der Waals surface area contributed by atoms with Crippen LogP contribution in [-0.4, -0.2) is 39.0 Å². The summed E-state index contributed by atoms with van der Waals surface area (Å²) in [6.07, 6.45) is 0. The Morgan fingerprint density at radius 1 is 0.217 bits per heavy atom. The quantitative estimate of drug-likeness (QED) is 0.122. The maximum atomic E-state index is 6.64. The van der Waals surface area contributed by atoms with Crippen LogP contribution in [0.25, 0.3) is 190 Å². The van der Waals surface area contributed by atoms with E-state index in [0.717, 1.165) is 116 Å². The predicted octanol–water partition coefficient (Wildman–Crippen LogP) is 24.6. The van der Waals surface area contributed by atoms with Gasteiger partial charge in [-0.25, -0.2) is 29.9 Å². The van der Waals surface area contributed by atoms with E-state index < -0.39 is 10.9 Å². The van der Waals surface area contributed by atoms with E-state index in [1.165, 1.54) is 53.0 Å². The molecule has 0 bridgehead atoms. The molecular formula is C96H60N8OS. The number of hydrogen-bond donors (Lipinski definition) is 1. The highest BCUT2D eigenvalue weighted by atomic mass is 32.2. The molecule has 20 aromatic rings. The monoisotopic (exact) mass is 1370 g/mol. The minimum Gasteiger partial charge on any atom is -0.456 e. The number of furan rings is 1. The highest BCUT2D eigenvalue weighted by molar-refractivity contribution is 8.17. The molecule has 5 aromatic heterocycles. The lowest BCUT2D eigenvalue weighted by atomic mass is 9.97. The lowest BCUT2D eigenvalue weighted by molar-refractivity contribution is 0.669. The molecule has 0 N–H and O–H groups in total. The molecule has 106 heavy (non-hydrogen) atoms. The zero-order valence-electron chi connectivity index (χ0n) is 57.0. The van der Waals surface area contributed by atoms with Crippen molar-refractivity contribution in [1.29, 1.82) is 0 Å². The third-order valence-electron chi connectivity index (χ3n) is 20.7. The molecule has 10 heteroatoms. The van der Waals surface area contributed by atoms with Crippen molar-refractivity contribution >= 4 is 76.4 Å². The molecule has 1 aliphatic heterocycles. The van der Waals surface area contributed by atoms with Crippen LogP contribution in [-0.2, 0) is 0 Å². The number of para-hydroxylation sites is 3. The third kappa shape index (κ3) is 10.3. The van der Waals surface area contributed by atoms with Gasteiger partial charge in [0.2, 0.25) is 0 Å². The summed E-state index contributed by atoms with van der Waals surface area (Å²) < 4.78 is 11.4. The molecule has 15 aromatic carbocycles. The lowest BCUT2D eigenvalue weighted by Gasteiger charge is -2.20. The van der Waals surface area contributed by atoms with Gasteiger partial charge in [-0.15, -0.1) is 0 Å². The summed E-state index contributed by atoms with van der Waals surface area (Å²) in [5.41, 5.74) is 23.2. The molecule has 6 heterocycles. The van der Waals surface area contributed by atoms with Crippen LogP contribution in [0.2, 0.25) is 0 Å². The molecule has 0 saturated carbocycles. The summed E-state index contributed by atoms with van der Waals surface area (Å²) in [6, 6.07) is 128. The molecule has 0 amide bonds. The van der Waals surface area contributed by atoms with Crippen LogP contribution < -0.4 is 0 Å². The van der Waals surface area contributed by atoms with Crippen molar-refractivity contribution in [1.82, 2.24) is 39.0 Å². The Morgan fingerprint density at radius 2 is 0.594 bits per heavy atom. The van der Waals surface area contributed by atoms with Gasteiger partial charge in [0.05, 0.1) is 22.1 Å². The Morgan fingerprint density at radius 3 is 1.15 bits per heavy atom. The van der Waals surface area contributed by atoms with Crippen LogP contribution in [0.4, 0.5) is 0 Å². The Balaban J connectivity index is 0.643. The highest BCUT2D eigenvalue weighted by Gasteiger charge is 2.30. The van der Waals surface area contributed by atoms with Crippen LogP contribution in [0.3, 0.4) is 0 Å².